The number of halogens is 2. The van der Waals surface area contributed by atoms with Gasteiger partial charge in [-0.1, -0.05) is 59.6 Å². The van der Waals surface area contributed by atoms with Gasteiger partial charge in [0, 0.05) is 5.02 Å². The second kappa shape index (κ2) is 9.31. The summed E-state index contributed by atoms with van der Waals surface area (Å²) in [4.78, 5) is 22.0. The molecule has 0 fully saturated rings. The number of hydrogen-bond donors (Lipinski definition) is 1. The minimum Gasteiger partial charge on any atom is -0.319 e. The van der Waals surface area contributed by atoms with Gasteiger partial charge in [0.05, 0.1) is 27.8 Å². The summed E-state index contributed by atoms with van der Waals surface area (Å²) >= 11 is 12.2. The molecule has 0 unspecified atom stereocenters. The van der Waals surface area contributed by atoms with E-state index in [9.17, 15) is 4.79 Å². The SMILES string of the molecule is CC(=Nc1ccccc1)C(=Nc1ccccc1)C(=O)Nc1cc(Cl)ccc1Cl. The van der Waals surface area contributed by atoms with Crippen LogP contribution < -0.4 is 5.32 Å². The van der Waals surface area contributed by atoms with E-state index in [2.05, 4.69) is 15.3 Å². The summed E-state index contributed by atoms with van der Waals surface area (Å²) in [7, 11) is 0. The molecule has 4 nitrogen and oxygen atoms in total. The number of hydrogen-bond acceptors (Lipinski definition) is 3. The third-order valence-electron chi connectivity index (χ3n) is 3.78. The van der Waals surface area contributed by atoms with E-state index in [1.54, 1.807) is 25.1 Å². The van der Waals surface area contributed by atoms with E-state index in [0.717, 1.165) is 5.69 Å². The highest BCUT2D eigenvalue weighted by atomic mass is 35.5. The summed E-state index contributed by atoms with van der Waals surface area (Å²) in [5.74, 6) is -0.426. The highest BCUT2D eigenvalue weighted by molar-refractivity contribution is 6.69. The van der Waals surface area contributed by atoms with Gasteiger partial charge in [-0.15, -0.1) is 0 Å². The summed E-state index contributed by atoms with van der Waals surface area (Å²) < 4.78 is 0. The van der Waals surface area contributed by atoms with Crippen LogP contribution in [0.2, 0.25) is 10.0 Å². The van der Waals surface area contributed by atoms with Crippen molar-refractivity contribution in [1.82, 2.24) is 0 Å². The number of amides is 1. The van der Waals surface area contributed by atoms with Crippen molar-refractivity contribution in [3.63, 3.8) is 0 Å². The van der Waals surface area contributed by atoms with Crippen molar-refractivity contribution in [2.75, 3.05) is 5.32 Å². The molecule has 0 aliphatic heterocycles. The summed E-state index contributed by atoms with van der Waals surface area (Å²) in [5, 5.41) is 3.62. The van der Waals surface area contributed by atoms with Crippen LogP contribution >= 0.6 is 23.2 Å². The third kappa shape index (κ3) is 5.28. The maximum absolute atomic E-state index is 13.0. The molecule has 3 aromatic rings. The average Bonchev–Trinajstić information content (AvgIpc) is 2.70. The Hall–Kier alpha value is -2.95. The van der Waals surface area contributed by atoms with Gasteiger partial charge in [0.15, 0.2) is 0 Å². The Bertz CT molecular complexity index is 1030. The first-order valence-corrected chi connectivity index (χ1v) is 9.29. The standard InChI is InChI=1S/C22H17Cl2N3O/c1-15(25-17-8-4-2-5-9-17)21(26-18-10-6-3-7-11-18)22(28)27-20-14-16(23)12-13-19(20)24/h2-14H,1H3,(H,27,28). The van der Waals surface area contributed by atoms with E-state index in [0.29, 0.717) is 27.1 Å². The number of carbonyl (C=O) groups is 1. The number of benzene rings is 3. The lowest BCUT2D eigenvalue weighted by Crippen LogP contribution is -2.28. The maximum Gasteiger partial charge on any atom is 0.276 e. The fourth-order valence-electron chi connectivity index (χ4n) is 2.45. The molecule has 0 bridgehead atoms. The predicted molar refractivity (Wildman–Crippen MR) is 118 cm³/mol. The number of anilines is 1. The van der Waals surface area contributed by atoms with Crippen LogP contribution in [0.1, 0.15) is 6.92 Å². The number of aliphatic imine (C=N–C) groups is 2. The minimum absolute atomic E-state index is 0.186. The van der Waals surface area contributed by atoms with Crippen LogP contribution in [0.4, 0.5) is 17.1 Å². The summed E-state index contributed by atoms with van der Waals surface area (Å²) in [6, 6.07) is 23.5. The van der Waals surface area contributed by atoms with Crippen molar-refractivity contribution in [3.05, 3.63) is 88.9 Å². The van der Waals surface area contributed by atoms with Crippen molar-refractivity contribution < 1.29 is 4.79 Å². The molecule has 0 aliphatic carbocycles. The molecule has 140 valence electrons. The molecule has 0 saturated heterocycles. The molecular formula is C22H17Cl2N3O. The van der Waals surface area contributed by atoms with Gasteiger partial charge in [0.1, 0.15) is 5.71 Å². The number of nitrogens with one attached hydrogen (secondary N) is 1. The van der Waals surface area contributed by atoms with Gasteiger partial charge in [-0.3, -0.25) is 9.79 Å². The van der Waals surface area contributed by atoms with Crippen molar-refractivity contribution >= 4 is 57.6 Å². The molecule has 3 rings (SSSR count). The van der Waals surface area contributed by atoms with Crippen LogP contribution in [-0.2, 0) is 4.79 Å². The number of rotatable bonds is 5. The van der Waals surface area contributed by atoms with Gasteiger partial charge in [-0.25, -0.2) is 4.99 Å². The zero-order valence-corrected chi connectivity index (χ0v) is 16.6. The molecule has 0 saturated carbocycles. The first kappa shape index (κ1) is 19.8. The Kier molecular flexibility index (Phi) is 6.58. The largest absolute Gasteiger partial charge is 0.319 e. The molecular weight excluding hydrogens is 393 g/mol. The monoisotopic (exact) mass is 409 g/mol. The Balaban J connectivity index is 1.98. The molecule has 0 radical (unpaired) electrons. The topological polar surface area (TPSA) is 53.8 Å². The van der Waals surface area contributed by atoms with Crippen LogP contribution in [0.15, 0.2) is 88.8 Å². The molecule has 1 N–H and O–H groups in total. The fraction of sp³-hybridized carbons (Fsp3) is 0.0455. The zero-order chi connectivity index (χ0) is 19.9. The van der Waals surface area contributed by atoms with E-state index in [1.807, 2.05) is 60.7 Å². The van der Waals surface area contributed by atoms with Crippen LogP contribution in [0.5, 0.6) is 0 Å². The van der Waals surface area contributed by atoms with Crippen LogP contribution in [0.25, 0.3) is 0 Å². The van der Waals surface area contributed by atoms with E-state index in [1.165, 1.54) is 0 Å². The predicted octanol–water partition coefficient (Wildman–Crippen LogP) is 6.50. The average molecular weight is 410 g/mol. The van der Waals surface area contributed by atoms with Gasteiger partial charge in [-0.2, -0.15) is 0 Å². The first-order chi connectivity index (χ1) is 13.5. The molecule has 0 aliphatic rings. The first-order valence-electron chi connectivity index (χ1n) is 8.54. The smallest absolute Gasteiger partial charge is 0.276 e. The fourth-order valence-corrected chi connectivity index (χ4v) is 2.79. The van der Waals surface area contributed by atoms with Crippen LogP contribution in [0, 0.1) is 0 Å². The Labute approximate surface area is 173 Å². The van der Waals surface area contributed by atoms with Crippen molar-refractivity contribution in [3.8, 4) is 0 Å². The van der Waals surface area contributed by atoms with Gasteiger partial charge in [0.25, 0.3) is 5.91 Å². The lowest BCUT2D eigenvalue weighted by molar-refractivity contribution is -0.110. The Morgan fingerprint density at radius 3 is 2.00 bits per heavy atom. The Morgan fingerprint density at radius 2 is 1.39 bits per heavy atom. The van der Waals surface area contributed by atoms with Gasteiger partial charge < -0.3 is 5.32 Å². The molecule has 0 heterocycles. The second-order valence-corrected chi connectivity index (χ2v) is 6.75. The molecule has 3 aromatic carbocycles. The maximum atomic E-state index is 13.0. The second-order valence-electron chi connectivity index (χ2n) is 5.91. The van der Waals surface area contributed by atoms with Crippen molar-refractivity contribution in [2.24, 2.45) is 9.98 Å². The zero-order valence-electron chi connectivity index (χ0n) is 15.1. The lowest BCUT2D eigenvalue weighted by Gasteiger charge is -2.10. The number of carbonyl (C=O) groups excluding carboxylic acids is 1. The number of nitrogens with zero attached hydrogens (tertiary/aromatic N) is 2. The van der Waals surface area contributed by atoms with Gasteiger partial charge in [-0.05, 0) is 49.4 Å². The highest BCUT2D eigenvalue weighted by Gasteiger charge is 2.17. The number of para-hydroxylation sites is 2. The molecule has 0 spiro atoms. The van der Waals surface area contributed by atoms with Crippen LogP contribution in [0.3, 0.4) is 0 Å². The van der Waals surface area contributed by atoms with E-state index < -0.39 is 5.91 Å². The molecule has 28 heavy (non-hydrogen) atoms. The third-order valence-corrected chi connectivity index (χ3v) is 4.35. The molecule has 0 aromatic heterocycles. The van der Waals surface area contributed by atoms with Gasteiger partial charge in [0.2, 0.25) is 0 Å². The lowest BCUT2D eigenvalue weighted by atomic mass is 10.2. The summed E-state index contributed by atoms with van der Waals surface area (Å²) in [6.07, 6.45) is 0. The Morgan fingerprint density at radius 1 is 0.821 bits per heavy atom. The normalized spacial score (nSPS) is 12.0. The van der Waals surface area contributed by atoms with E-state index in [4.69, 9.17) is 23.2 Å². The van der Waals surface area contributed by atoms with Gasteiger partial charge >= 0.3 is 0 Å². The van der Waals surface area contributed by atoms with E-state index >= 15 is 0 Å². The molecule has 0 atom stereocenters. The highest BCUT2D eigenvalue weighted by Crippen LogP contribution is 2.25. The van der Waals surface area contributed by atoms with Crippen molar-refractivity contribution in [1.29, 1.82) is 0 Å². The van der Waals surface area contributed by atoms with Crippen molar-refractivity contribution in [2.45, 2.75) is 6.92 Å². The quantitative estimate of drug-likeness (QED) is 0.480. The minimum atomic E-state index is -0.426. The van der Waals surface area contributed by atoms with Crippen LogP contribution in [-0.4, -0.2) is 17.3 Å². The molecule has 6 heteroatoms. The van der Waals surface area contributed by atoms with E-state index in [-0.39, 0.29) is 5.71 Å². The summed E-state index contributed by atoms with van der Waals surface area (Å²) in [5.41, 5.74) is 2.45. The summed E-state index contributed by atoms with van der Waals surface area (Å²) in [6.45, 7) is 1.74. The molecule has 1 amide bonds.